The molecule has 9 N–H and O–H groups in total. The fourth-order valence-electron chi connectivity index (χ4n) is 3.22. The number of nitrogens with two attached hydrogens (primary N) is 2. The standard InChI is InChI=1S/C23H33N5O8S/c1-37-10-9-16(26-20(32)14(24)12-18(25)29)22(34)27-15(7-8-19(30)31)21(33)28-17(23(35)36)11-13-5-3-2-4-6-13/h2-6,14-17H,7-12,24H2,1H3,(H2,25,29)(H,26,32)(H,27,34)(H,28,33)(H,30,31)(H,35,36). The molecule has 0 aliphatic rings. The number of rotatable bonds is 17. The van der Waals surface area contributed by atoms with Gasteiger partial charge in [-0.25, -0.2) is 4.79 Å². The highest BCUT2D eigenvalue weighted by molar-refractivity contribution is 7.98. The Kier molecular flexibility index (Phi) is 13.7. The molecule has 0 heterocycles. The molecule has 37 heavy (non-hydrogen) atoms. The van der Waals surface area contributed by atoms with E-state index >= 15 is 0 Å². The van der Waals surface area contributed by atoms with Crippen molar-refractivity contribution in [2.75, 3.05) is 12.0 Å². The maximum atomic E-state index is 13.0. The minimum absolute atomic E-state index is 0.0360. The van der Waals surface area contributed by atoms with Crippen molar-refractivity contribution >= 4 is 47.3 Å². The van der Waals surface area contributed by atoms with Crippen molar-refractivity contribution in [3.8, 4) is 0 Å². The summed E-state index contributed by atoms with van der Waals surface area (Å²) in [5.41, 5.74) is 11.3. The number of hydrogen-bond acceptors (Lipinski definition) is 8. The largest absolute Gasteiger partial charge is 0.481 e. The Labute approximate surface area is 218 Å². The third-order valence-electron chi connectivity index (χ3n) is 5.18. The zero-order chi connectivity index (χ0) is 28.0. The van der Waals surface area contributed by atoms with Crippen LogP contribution in [-0.4, -0.2) is 82.0 Å². The summed E-state index contributed by atoms with van der Waals surface area (Å²) in [5.74, 6) is -5.40. The molecule has 1 aromatic carbocycles. The number of nitrogens with one attached hydrogen (secondary N) is 3. The van der Waals surface area contributed by atoms with E-state index in [0.717, 1.165) is 0 Å². The zero-order valence-electron chi connectivity index (χ0n) is 20.3. The van der Waals surface area contributed by atoms with E-state index in [0.29, 0.717) is 11.3 Å². The van der Waals surface area contributed by atoms with Crippen LogP contribution in [0.4, 0.5) is 0 Å². The number of hydrogen-bond donors (Lipinski definition) is 7. The summed E-state index contributed by atoms with van der Waals surface area (Å²) in [6.07, 6.45) is 0.629. The van der Waals surface area contributed by atoms with Gasteiger partial charge < -0.3 is 37.6 Å². The van der Waals surface area contributed by atoms with Crippen LogP contribution in [0.1, 0.15) is 31.2 Å². The molecule has 0 spiro atoms. The van der Waals surface area contributed by atoms with E-state index in [1.54, 1.807) is 36.6 Å². The maximum Gasteiger partial charge on any atom is 0.326 e. The van der Waals surface area contributed by atoms with Crippen molar-refractivity contribution in [1.82, 2.24) is 16.0 Å². The third-order valence-corrected chi connectivity index (χ3v) is 5.82. The molecular formula is C23H33N5O8S. The average molecular weight is 540 g/mol. The molecular weight excluding hydrogens is 506 g/mol. The van der Waals surface area contributed by atoms with Crippen molar-refractivity contribution in [2.24, 2.45) is 11.5 Å². The smallest absolute Gasteiger partial charge is 0.326 e. The van der Waals surface area contributed by atoms with Crippen LogP contribution in [0.2, 0.25) is 0 Å². The molecule has 0 saturated heterocycles. The molecule has 13 nitrogen and oxygen atoms in total. The van der Waals surface area contributed by atoms with Crippen LogP contribution in [0.15, 0.2) is 30.3 Å². The molecule has 0 saturated carbocycles. The SMILES string of the molecule is CSCCC(NC(=O)C(N)CC(N)=O)C(=O)NC(CCC(=O)O)C(=O)NC(Cc1ccccc1)C(=O)O. The van der Waals surface area contributed by atoms with Gasteiger partial charge in [0.05, 0.1) is 12.5 Å². The number of carboxylic acids is 2. The van der Waals surface area contributed by atoms with Crippen molar-refractivity contribution < 1.29 is 39.0 Å². The van der Waals surface area contributed by atoms with Crippen LogP contribution in [0.5, 0.6) is 0 Å². The van der Waals surface area contributed by atoms with Crippen LogP contribution in [0.25, 0.3) is 0 Å². The minimum atomic E-state index is -1.39. The molecule has 204 valence electrons. The van der Waals surface area contributed by atoms with E-state index in [9.17, 15) is 33.9 Å². The van der Waals surface area contributed by atoms with E-state index < -0.39 is 72.6 Å². The summed E-state index contributed by atoms with van der Waals surface area (Å²) in [4.78, 5) is 72.2. The number of carbonyl (C=O) groups is 6. The lowest BCUT2D eigenvalue weighted by Crippen LogP contribution is -2.57. The normalized spacial score (nSPS) is 13.9. The maximum absolute atomic E-state index is 13.0. The van der Waals surface area contributed by atoms with Crippen LogP contribution >= 0.6 is 11.8 Å². The van der Waals surface area contributed by atoms with Crippen molar-refractivity contribution in [3.05, 3.63) is 35.9 Å². The van der Waals surface area contributed by atoms with Gasteiger partial charge in [-0.15, -0.1) is 0 Å². The monoisotopic (exact) mass is 539 g/mol. The molecule has 14 heteroatoms. The predicted molar refractivity (Wildman–Crippen MR) is 135 cm³/mol. The van der Waals surface area contributed by atoms with Crippen LogP contribution in [-0.2, 0) is 35.2 Å². The van der Waals surface area contributed by atoms with Gasteiger partial charge in [-0.3, -0.25) is 24.0 Å². The van der Waals surface area contributed by atoms with Crippen molar-refractivity contribution in [2.45, 2.75) is 56.3 Å². The third kappa shape index (κ3) is 12.2. The van der Waals surface area contributed by atoms with Gasteiger partial charge >= 0.3 is 11.9 Å². The fourth-order valence-corrected chi connectivity index (χ4v) is 3.70. The summed E-state index contributed by atoms with van der Waals surface area (Å²) in [6.45, 7) is 0. The summed E-state index contributed by atoms with van der Waals surface area (Å²) in [5, 5.41) is 25.8. The summed E-state index contributed by atoms with van der Waals surface area (Å²) < 4.78 is 0. The van der Waals surface area contributed by atoms with Gasteiger partial charge in [0.1, 0.15) is 18.1 Å². The Morgan fingerprint density at radius 1 is 0.865 bits per heavy atom. The summed E-state index contributed by atoms with van der Waals surface area (Å²) in [6, 6.07) is 3.38. The van der Waals surface area contributed by atoms with Gasteiger partial charge in [0, 0.05) is 12.8 Å². The van der Waals surface area contributed by atoms with E-state index in [4.69, 9.17) is 16.6 Å². The van der Waals surface area contributed by atoms with Gasteiger partial charge in [-0.2, -0.15) is 11.8 Å². The molecule has 0 aliphatic heterocycles. The zero-order valence-corrected chi connectivity index (χ0v) is 21.2. The number of benzene rings is 1. The first-order chi connectivity index (χ1) is 17.4. The van der Waals surface area contributed by atoms with Crippen molar-refractivity contribution in [3.63, 3.8) is 0 Å². The number of carboxylic acid groups (broad SMARTS) is 2. The van der Waals surface area contributed by atoms with E-state index in [1.165, 1.54) is 11.8 Å². The average Bonchev–Trinajstić information content (AvgIpc) is 2.83. The quantitative estimate of drug-likeness (QED) is 0.122. The number of carbonyl (C=O) groups excluding carboxylic acids is 4. The van der Waals surface area contributed by atoms with Gasteiger partial charge in [-0.05, 0) is 30.4 Å². The molecule has 4 amide bonds. The molecule has 4 unspecified atom stereocenters. The van der Waals surface area contributed by atoms with Gasteiger partial charge in [0.15, 0.2) is 0 Å². The Morgan fingerprint density at radius 2 is 1.41 bits per heavy atom. The second-order valence-corrected chi connectivity index (χ2v) is 9.19. The number of aliphatic carboxylic acids is 2. The lowest BCUT2D eigenvalue weighted by atomic mass is 10.0. The molecule has 1 rings (SSSR count). The van der Waals surface area contributed by atoms with Crippen LogP contribution < -0.4 is 27.4 Å². The van der Waals surface area contributed by atoms with Crippen molar-refractivity contribution in [1.29, 1.82) is 0 Å². The van der Waals surface area contributed by atoms with Crippen LogP contribution in [0.3, 0.4) is 0 Å². The Bertz CT molecular complexity index is 962. The molecule has 4 atom stereocenters. The van der Waals surface area contributed by atoms with Gasteiger partial charge in [0.2, 0.25) is 23.6 Å². The second-order valence-electron chi connectivity index (χ2n) is 8.20. The number of amides is 4. The lowest BCUT2D eigenvalue weighted by molar-refractivity contribution is -0.143. The Balaban J connectivity index is 3.02. The highest BCUT2D eigenvalue weighted by Gasteiger charge is 2.30. The Hall–Kier alpha value is -3.65. The molecule has 0 aliphatic carbocycles. The molecule has 0 aromatic heterocycles. The molecule has 0 radical (unpaired) electrons. The van der Waals surface area contributed by atoms with Gasteiger partial charge in [0.25, 0.3) is 0 Å². The minimum Gasteiger partial charge on any atom is -0.481 e. The van der Waals surface area contributed by atoms with E-state index in [1.807, 2.05) is 0 Å². The topological polar surface area (TPSA) is 231 Å². The summed E-state index contributed by atoms with van der Waals surface area (Å²) >= 11 is 1.39. The lowest BCUT2D eigenvalue weighted by Gasteiger charge is -2.25. The van der Waals surface area contributed by atoms with E-state index in [-0.39, 0.29) is 19.3 Å². The van der Waals surface area contributed by atoms with Gasteiger partial charge in [-0.1, -0.05) is 30.3 Å². The molecule has 1 aromatic rings. The summed E-state index contributed by atoms with van der Waals surface area (Å²) in [7, 11) is 0. The second kappa shape index (κ2) is 16.2. The predicted octanol–water partition coefficient (Wildman–Crippen LogP) is -1.41. The molecule has 0 bridgehead atoms. The number of primary amides is 1. The first kappa shape index (κ1) is 31.4. The highest BCUT2D eigenvalue weighted by Crippen LogP contribution is 2.07. The first-order valence-electron chi connectivity index (χ1n) is 11.4. The van der Waals surface area contributed by atoms with E-state index in [2.05, 4.69) is 16.0 Å². The molecule has 0 fully saturated rings. The Morgan fingerprint density at radius 3 is 1.92 bits per heavy atom. The fraction of sp³-hybridized carbons (Fsp3) is 0.478. The number of thioether (sulfide) groups is 1. The van der Waals surface area contributed by atoms with Crippen LogP contribution in [0, 0.1) is 0 Å². The first-order valence-corrected chi connectivity index (χ1v) is 12.8. The highest BCUT2D eigenvalue weighted by atomic mass is 32.2.